The van der Waals surface area contributed by atoms with Crippen LogP contribution in [0.15, 0.2) is 83.4 Å². The first-order valence-electron chi connectivity index (χ1n) is 11.9. The second-order valence-corrected chi connectivity index (χ2v) is 8.78. The van der Waals surface area contributed by atoms with Crippen LogP contribution in [0.4, 0.5) is 4.39 Å². The van der Waals surface area contributed by atoms with Crippen LogP contribution in [0.3, 0.4) is 0 Å². The highest BCUT2D eigenvalue weighted by molar-refractivity contribution is 5.95. The Kier molecular flexibility index (Phi) is 6.84. The van der Waals surface area contributed by atoms with E-state index in [2.05, 4.69) is 15.5 Å². The molecule has 0 aliphatic carbocycles. The van der Waals surface area contributed by atoms with Gasteiger partial charge < -0.3 is 14.7 Å². The Hall–Kier alpha value is -4.33. The number of halogens is 1. The van der Waals surface area contributed by atoms with Crippen molar-refractivity contribution in [3.05, 3.63) is 107 Å². The molecule has 182 valence electrons. The smallest absolute Gasteiger partial charge is 0.253 e. The molecule has 1 N–H and O–H groups in total. The Bertz CT molecular complexity index is 1330. The zero-order valence-electron chi connectivity index (χ0n) is 19.6. The van der Waals surface area contributed by atoms with Crippen molar-refractivity contribution in [3.8, 4) is 11.4 Å². The molecular formula is C28H25FN4O3. The topological polar surface area (TPSA) is 88.3 Å². The monoisotopic (exact) mass is 484 g/mol. The normalized spacial score (nSPS) is 14.0. The van der Waals surface area contributed by atoms with Gasteiger partial charge in [-0.1, -0.05) is 47.6 Å². The second-order valence-electron chi connectivity index (χ2n) is 8.78. The number of nitrogens with one attached hydrogen (secondary N) is 1. The number of benzene rings is 3. The molecule has 1 aliphatic heterocycles. The first-order chi connectivity index (χ1) is 17.6. The summed E-state index contributed by atoms with van der Waals surface area (Å²) in [6.45, 7) is 1.58. The molecule has 7 nitrogen and oxygen atoms in total. The van der Waals surface area contributed by atoms with E-state index in [0.717, 1.165) is 11.1 Å². The van der Waals surface area contributed by atoms with Gasteiger partial charge in [-0.05, 0) is 54.8 Å². The van der Waals surface area contributed by atoms with E-state index in [1.807, 2.05) is 30.3 Å². The summed E-state index contributed by atoms with van der Waals surface area (Å²) in [7, 11) is 0. The first-order valence-corrected chi connectivity index (χ1v) is 11.9. The Balaban J connectivity index is 1.16. The van der Waals surface area contributed by atoms with Gasteiger partial charge in [-0.2, -0.15) is 4.98 Å². The molecule has 2 amide bonds. The van der Waals surface area contributed by atoms with Crippen LogP contribution in [0.2, 0.25) is 0 Å². The zero-order chi connectivity index (χ0) is 24.9. The summed E-state index contributed by atoms with van der Waals surface area (Å²) in [4.78, 5) is 31.4. The van der Waals surface area contributed by atoms with Crippen LogP contribution in [-0.2, 0) is 6.54 Å². The Morgan fingerprint density at radius 1 is 0.917 bits per heavy atom. The maximum Gasteiger partial charge on any atom is 0.253 e. The quantitative estimate of drug-likeness (QED) is 0.424. The number of amides is 2. The fourth-order valence-corrected chi connectivity index (χ4v) is 4.27. The number of hydrogen-bond donors (Lipinski definition) is 1. The average molecular weight is 485 g/mol. The van der Waals surface area contributed by atoms with E-state index >= 15 is 0 Å². The molecule has 0 saturated carbocycles. The SMILES string of the molecule is O=C(NCc1ccccc1)c1ccc(-c2noc(C3CCN(C(=O)c4ccc(F)cc4)CC3)n2)cc1. The van der Waals surface area contributed by atoms with Gasteiger partial charge in [0.1, 0.15) is 5.82 Å². The molecule has 0 radical (unpaired) electrons. The second kappa shape index (κ2) is 10.5. The van der Waals surface area contributed by atoms with E-state index in [9.17, 15) is 14.0 Å². The van der Waals surface area contributed by atoms with E-state index in [-0.39, 0.29) is 23.5 Å². The molecule has 36 heavy (non-hydrogen) atoms. The largest absolute Gasteiger partial charge is 0.348 e. The summed E-state index contributed by atoms with van der Waals surface area (Å²) in [5, 5.41) is 7.03. The highest BCUT2D eigenvalue weighted by Gasteiger charge is 2.28. The lowest BCUT2D eigenvalue weighted by Crippen LogP contribution is -2.38. The molecule has 1 saturated heterocycles. The molecule has 5 rings (SSSR count). The van der Waals surface area contributed by atoms with Crippen molar-refractivity contribution < 1.29 is 18.5 Å². The molecule has 0 spiro atoms. The van der Waals surface area contributed by atoms with Gasteiger partial charge in [0, 0.05) is 42.2 Å². The average Bonchev–Trinajstić information content (AvgIpc) is 3.43. The number of aromatic nitrogens is 2. The van der Waals surface area contributed by atoms with E-state index in [1.165, 1.54) is 24.3 Å². The number of hydrogen-bond acceptors (Lipinski definition) is 5. The summed E-state index contributed by atoms with van der Waals surface area (Å²) in [5.41, 5.74) is 2.82. The van der Waals surface area contributed by atoms with E-state index in [1.54, 1.807) is 29.2 Å². The molecule has 0 atom stereocenters. The number of likely N-dealkylation sites (tertiary alicyclic amines) is 1. The van der Waals surface area contributed by atoms with Crippen molar-refractivity contribution in [2.45, 2.75) is 25.3 Å². The van der Waals surface area contributed by atoms with Crippen molar-refractivity contribution in [1.82, 2.24) is 20.4 Å². The molecule has 1 aliphatic rings. The summed E-state index contributed by atoms with van der Waals surface area (Å²) in [6.07, 6.45) is 1.41. The highest BCUT2D eigenvalue weighted by atomic mass is 19.1. The fraction of sp³-hybridized carbons (Fsp3) is 0.214. The van der Waals surface area contributed by atoms with E-state index < -0.39 is 0 Å². The molecule has 8 heteroatoms. The zero-order valence-corrected chi connectivity index (χ0v) is 19.6. The molecule has 0 bridgehead atoms. The third-order valence-electron chi connectivity index (χ3n) is 6.37. The third-order valence-corrected chi connectivity index (χ3v) is 6.37. The predicted octanol–water partition coefficient (Wildman–Crippen LogP) is 4.83. The Morgan fingerprint density at radius 2 is 1.58 bits per heavy atom. The van der Waals surface area contributed by atoms with Crippen LogP contribution >= 0.6 is 0 Å². The maximum absolute atomic E-state index is 13.1. The van der Waals surface area contributed by atoms with Gasteiger partial charge in [0.05, 0.1) is 0 Å². The summed E-state index contributed by atoms with van der Waals surface area (Å²) >= 11 is 0. The van der Waals surface area contributed by atoms with Gasteiger partial charge in [0.2, 0.25) is 11.7 Å². The molecule has 1 fully saturated rings. The number of rotatable bonds is 6. The minimum Gasteiger partial charge on any atom is -0.348 e. The standard InChI is InChI=1S/C28H25FN4O3/c29-24-12-10-23(11-13-24)28(35)33-16-14-22(15-17-33)27-31-25(32-36-27)20-6-8-21(9-7-20)26(34)30-18-19-4-2-1-3-5-19/h1-13,22H,14-18H2,(H,30,34). The van der Waals surface area contributed by atoms with Crippen LogP contribution in [0.1, 0.15) is 50.9 Å². The number of nitrogens with zero attached hydrogens (tertiary/aromatic N) is 3. The molecule has 4 aromatic rings. The molecular weight excluding hydrogens is 459 g/mol. The third kappa shape index (κ3) is 5.33. The lowest BCUT2D eigenvalue weighted by atomic mass is 9.96. The highest BCUT2D eigenvalue weighted by Crippen LogP contribution is 2.29. The first kappa shape index (κ1) is 23.4. The van der Waals surface area contributed by atoms with Gasteiger partial charge in [0.15, 0.2) is 0 Å². The van der Waals surface area contributed by atoms with Gasteiger partial charge in [-0.3, -0.25) is 9.59 Å². The van der Waals surface area contributed by atoms with Crippen molar-refractivity contribution in [2.24, 2.45) is 0 Å². The fourth-order valence-electron chi connectivity index (χ4n) is 4.27. The van der Waals surface area contributed by atoms with Crippen LogP contribution in [-0.4, -0.2) is 39.9 Å². The van der Waals surface area contributed by atoms with Gasteiger partial charge >= 0.3 is 0 Å². The summed E-state index contributed by atoms with van der Waals surface area (Å²) in [5.74, 6) is 0.452. The molecule has 3 aromatic carbocycles. The lowest BCUT2D eigenvalue weighted by molar-refractivity contribution is 0.0704. The van der Waals surface area contributed by atoms with Gasteiger partial charge in [-0.25, -0.2) is 4.39 Å². The van der Waals surface area contributed by atoms with Crippen molar-refractivity contribution >= 4 is 11.8 Å². The molecule has 2 heterocycles. The molecule has 1 aromatic heterocycles. The predicted molar refractivity (Wildman–Crippen MR) is 132 cm³/mol. The van der Waals surface area contributed by atoms with Crippen LogP contribution in [0, 0.1) is 5.82 Å². The number of carbonyl (C=O) groups is 2. The summed E-state index contributed by atoms with van der Waals surface area (Å²) in [6, 6.07) is 22.4. The van der Waals surface area contributed by atoms with Crippen molar-refractivity contribution in [3.63, 3.8) is 0 Å². The number of carbonyl (C=O) groups excluding carboxylic acids is 2. The minimum atomic E-state index is -0.363. The van der Waals surface area contributed by atoms with E-state index in [0.29, 0.717) is 55.3 Å². The Labute approximate surface area is 207 Å². The van der Waals surface area contributed by atoms with Crippen LogP contribution < -0.4 is 5.32 Å². The number of piperidine rings is 1. The minimum absolute atomic E-state index is 0.0616. The van der Waals surface area contributed by atoms with Crippen LogP contribution in [0.25, 0.3) is 11.4 Å². The van der Waals surface area contributed by atoms with Crippen LogP contribution in [0.5, 0.6) is 0 Å². The van der Waals surface area contributed by atoms with Crippen molar-refractivity contribution in [1.29, 1.82) is 0 Å². The maximum atomic E-state index is 13.1. The van der Waals surface area contributed by atoms with E-state index in [4.69, 9.17) is 4.52 Å². The lowest BCUT2D eigenvalue weighted by Gasteiger charge is -2.30. The van der Waals surface area contributed by atoms with Gasteiger partial charge in [-0.15, -0.1) is 0 Å². The van der Waals surface area contributed by atoms with Gasteiger partial charge in [0.25, 0.3) is 11.8 Å². The molecule has 0 unspecified atom stereocenters. The summed E-state index contributed by atoms with van der Waals surface area (Å²) < 4.78 is 18.7. The van der Waals surface area contributed by atoms with Crippen molar-refractivity contribution in [2.75, 3.05) is 13.1 Å². The Morgan fingerprint density at radius 3 is 2.28 bits per heavy atom.